The highest BCUT2D eigenvalue weighted by Gasteiger charge is 2.25. The Hall–Kier alpha value is -3.34. The standard InChI is InChI=1S/C26H27N3O2/c1-2-23-24(27-18-28-25(23)26(31)29-15-13-22(30)14-16-29)12-11-19-7-6-10-21(17-19)20-8-4-3-5-9-20/h3-10,17-18H,2,11-16H2,1H3. The topological polar surface area (TPSA) is 63.2 Å². The summed E-state index contributed by atoms with van der Waals surface area (Å²) in [6, 6.07) is 18.9. The first kappa shape index (κ1) is 20.9. The first-order chi connectivity index (χ1) is 15.2. The maximum atomic E-state index is 13.0. The van der Waals surface area contributed by atoms with E-state index in [1.165, 1.54) is 23.0 Å². The maximum Gasteiger partial charge on any atom is 0.272 e. The Morgan fingerprint density at radius 2 is 1.68 bits per heavy atom. The zero-order chi connectivity index (χ0) is 21.6. The van der Waals surface area contributed by atoms with Crippen LogP contribution in [0.15, 0.2) is 60.9 Å². The van der Waals surface area contributed by atoms with Crippen molar-refractivity contribution < 1.29 is 9.59 Å². The Morgan fingerprint density at radius 3 is 2.42 bits per heavy atom. The molecular weight excluding hydrogens is 386 g/mol. The minimum Gasteiger partial charge on any atom is -0.336 e. The van der Waals surface area contributed by atoms with Crippen LogP contribution in [0.25, 0.3) is 11.1 Å². The number of rotatable bonds is 6. The van der Waals surface area contributed by atoms with Gasteiger partial charge in [0.15, 0.2) is 0 Å². The monoisotopic (exact) mass is 413 g/mol. The molecule has 5 nitrogen and oxygen atoms in total. The summed E-state index contributed by atoms with van der Waals surface area (Å²) in [7, 11) is 0. The van der Waals surface area contributed by atoms with Crippen LogP contribution >= 0.6 is 0 Å². The molecule has 2 heterocycles. The van der Waals surface area contributed by atoms with Crippen LogP contribution in [-0.4, -0.2) is 39.6 Å². The van der Waals surface area contributed by atoms with Crippen molar-refractivity contribution in [2.75, 3.05) is 13.1 Å². The quantitative estimate of drug-likeness (QED) is 0.605. The number of piperidine rings is 1. The van der Waals surface area contributed by atoms with Crippen LogP contribution in [-0.2, 0) is 24.1 Å². The predicted molar refractivity (Wildman–Crippen MR) is 121 cm³/mol. The average Bonchev–Trinajstić information content (AvgIpc) is 2.83. The zero-order valence-electron chi connectivity index (χ0n) is 17.9. The summed E-state index contributed by atoms with van der Waals surface area (Å²) in [5.41, 5.74) is 5.98. The number of carbonyl (C=O) groups excluding carboxylic acids is 2. The molecule has 0 N–H and O–H groups in total. The van der Waals surface area contributed by atoms with Gasteiger partial charge in [-0.1, -0.05) is 61.5 Å². The maximum absolute atomic E-state index is 13.0. The number of hydrogen-bond donors (Lipinski definition) is 0. The summed E-state index contributed by atoms with van der Waals surface area (Å²) >= 11 is 0. The summed E-state index contributed by atoms with van der Waals surface area (Å²) in [5.74, 6) is 0.139. The summed E-state index contributed by atoms with van der Waals surface area (Å²) in [6.45, 7) is 2.99. The van der Waals surface area contributed by atoms with Crippen LogP contribution in [0.5, 0.6) is 0 Å². The van der Waals surface area contributed by atoms with Crippen LogP contribution in [0.2, 0.25) is 0 Å². The van der Waals surface area contributed by atoms with Crippen molar-refractivity contribution in [2.24, 2.45) is 0 Å². The number of aryl methyl sites for hydroxylation is 2. The van der Waals surface area contributed by atoms with Gasteiger partial charge in [0, 0.05) is 37.2 Å². The number of ketones is 1. The molecule has 1 aliphatic heterocycles. The molecule has 0 atom stereocenters. The lowest BCUT2D eigenvalue weighted by atomic mass is 9.98. The third kappa shape index (κ3) is 4.88. The predicted octanol–water partition coefficient (Wildman–Crippen LogP) is 4.30. The minimum absolute atomic E-state index is 0.0842. The second-order valence-corrected chi connectivity index (χ2v) is 7.90. The summed E-state index contributed by atoms with van der Waals surface area (Å²) in [4.78, 5) is 35.1. The number of Topliss-reactive ketones (excluding diaryl/α,β-unsaturated/α-hetero) is 1. The van der Waals surface area contributed by atoms with E-state index < -0.39 is 0 Å². The molecule has 5 heteroatoms. The van der Waals surface area contributed by atoms with Gasteiger partial charge in [0.1, 0.15) is 17.8 Å². The molecule has 4 rings (SSSR count). The van der Waals surface area contributed by atoms with Crippen molar-refractivity contribution in [1.29, 1.82) is 0 Å². The minimum atomic E-state index is -0.0842. The molecule has 1 amide bonds. The van der Waals surface area contributed by atoms with E-state index in [1.807, 2.05) is 25.1 Å². The van der Waals surface area contributed by atoms with Gasteiger partial charge < -0.3 is 4.90 Å². The van der Waals surface area contributed by atoms with E-state index in [0.29, 0.717) is 38.0 Å². The third-order valence-corrected chi connectivity index (χ3v) is 5.88. The number of benzene rings is 2. The van der Waals surface area contributed by atoms with E-state index in [0.717, 1.165) is 24.1 Å². The molecule has 158 valence electrons. The fourth-order valence-corrected chi connectivity index (χ4v) is 4.13. The van der Waals surface area contributed by atoms with Crippen LogP contribution in [0, 0.1) is 0 Å². The van der Waals surface area contributed by atoms with Crippen molar-refractivity contribution >= 4 is 11.7 Å². The lowest BCUT2D eigenvalue weighted by Gasteiger charge is -2.26. The molecule has 0 aliphatic carbocycles. The van der Waals surface area contributed by atoms with E-state index in [2.05, 4.69) is 46.4 Å². The van der Waals surface area contributed by atoms with E-state index in [-0.39, 0.29) is 11.7 Å². The van der Waals surface area contributed by atoms with E-state index >= 15 is 0 Å². The molecule has 31 heavy (non-hydrogen) atoms. The van der Waals surface area contributed by atoms with Gasteiger partial charge in [-0.3, -0.25) is 9.59 Å². The van der Waals surface area contributed by atoms with Crippen molar-refractivity contribution in [3.63, 3.8) is 0 Å². The molecule has 1 aliphatic rings. The summed E-state index contributed by atoms with van der Waals surface area (Å²) in [5, 5.41) is 0. The highest BCUT2D eigenvalue weighted by atomic mass is 16.2. The van der Waals surface area contributed by atoms with Crippen LogP contribution in [0.1, 0.15) is 47.1 Å². The first-order valence-electron chi connectivity index (χ1n) is 10.9. The molecule has 2 aromatic carbocycles. The summed E-state index contributed by atoms with van der Waals surface area (Å²) < 4.78 is 0. The normalized spacial score (nSPS) is 14.0. The zero-order valence-corrected chi connectivity index (χ0v) is 17.9. The van der Waals surface area contributed by atoms with Crippen LogP contribution < -0.4 is 0 Å². The van der Waals surface area contributed by atoms with Gasteiger partial charge in [-0.2, -0.15) is 0 Å². The van der Waals surface area contributed by atoms with Crippen LogP contribution in [0.3, 0.4) is 0 Å². The van der Waals surface area contributed by atoms with Gasteiger partial charge in [0.25, 0.3) is 5.91 Å². The third-order valence-electron chi connectivity index (χ3n) is 5.88. The number of carbonyl (C=O) groups is 2. The second-order valence-electron chi connectivity index (χ2n) is 7.90. The second kappa shape index (κ2) is 9.65. The molecule has 3 aromatic rings. The highest BCUT2D eigenvalue weighted by Crippen LogP contribution is 2.22. The lowest BCUT2D eigenvalue weighted by molar-refractivity contribution is -0.120. The SMILES string of the molecule is CCc1c(CCc2cccc(-c3ccccc3)c2)ncnc1C(=O)N1CCC(=O)CC1. The molecule has 1 saturated heterocycles. The molecule has 0 spiro atoms. The fourth-order valence-electron chi connectivity index (χ4n) is 4.13. The van der Waals surface area contributed by atoms with Gasteiger partial charge in [-0.15, -0.1) is 0 Å². The van der Waals surface area contributed by atoms with Gasteiger partial charge in [0.05, 0.1) is 0 Å². The Labute approximate surface area is 183 Å². The van der Waals surface area contributed by atoms with E-state index in [9.17, 15) is 9.59 Å². The molecule has 0 radical (unpaired) electrons. The average molecular weight is 414 g/mol. The number of likely N-dealkylation sites (tertiary alicyclic amines) is 1. The van der Waals surface area contributed by atoms with E-state index in [1.54, 1.807) is 4.90 Å². The highest BCUT2D eigenvalue weighted by molar-refractivity contribution is 5.95. The molecule has 1 aromatic heterocycles. The molecule has 0 saturated carbocycles. The Kier molecular flexibility index (Phi) is 6.51. The molecule has 0 bridgehead atoms. The van der Waals surface area contributed by atoms with Crippen molar-refractivity contribution in [1.82, 2.24) is 14.9 Å². The smallest absolute Gasteiger partial charge is 0.272 e. The number of hydrogen-bond acceptors (Lipinski definition) is 4. The van der Waals surface area contributed by atoms with E-state index in [4.69, 9.17) is 0 Å². The van der Waals surface area contributed by atoms with Crippen molar-refractivity contribution in [3.05, 3.63) is 83.4 Å². The van der Waals surface area contributed by atoms with Crippen molar-refractivity contribution in [2.45, 2.75) is 39.0 Å². The Bertz CT molecular complexity index is 1070. The first-order valence-corrected chi connectivity index (χ1v) is 10.9. The molecular formula is C26H27N3O2. The van der Waals surface area contributed by atoms with Crippen molar-refractivity contribution in [3.8, 4) is 11.1 Å². The Morgan fingerprint density at radius 1 is 0.935 bits per heavy atom. The number of aromatic nitrogens is 2. The van der Waals surface area contributed by atoms with Gasteiger partial charge >= 0.3 is 0 Å². The number of amides is 1. The lowest BCUT2D eigenvalue weighted by Crippen LogP contribution is -2.39. The summed E-state index contributed by atoms with van der Waals surface area (Å²) in [6.07, 6.45) is 4.66. The van der Waals surface area contributed by atoms with Gasteiger partial charge in [-0.25, -0.2) is 9.97 Å². The number of nitrogens with zero attached hydrogens (tertiary/aromatic N) is 3. The Balaban J connectivity index is 1.51. The van der Waals surface area contributed by atoms with Crippen LogP contribution in [0.4, 0.5) is 0 Å². The molecule has 1 fully saturated rings. The fraction of sp³-hybridized carbons (Fsp3) is 0.308. The largest absolute Gasteiger partial charge is 0.336 e. The van der Waals surface area contributed by atoms with Gasteiger partial charge in [0.2, 0.25) is 0 Å². The van der Waals surface area contributed by atoms with Gasteiger partial charge in [-0.05, 0) is 36.0 Å². The molecule has 0 unspecified atom stereocenters.